The molecule has 0 saturated heterocycles. The van der Waals surface area contributed by atoms with Gasteiger partial charge in [-0.2, -0.15) is 0 Å². The lowest BCUT2D eigenvalue weighted by atomic mass is 10.0. The fourth-order valence-corrected chi connectivity index (χ4v) is 5.01. The van der Waals surface area contributed by atoms with Crippen molar-refractivity contribution >= 4 is 38.7 Å². The van der Waals surface area contributed by atoms with Crippen LogP contribution in [0.5, 0.6) is 0 Å². The Labute approximate surface area is 180 Å². The lowest BCUT2D eigenvalue weighted by Gasteiger charge is -2.18. The Bertz CT molecular complexity index is 1170. The first-order valence-electron chi connectivity index (χ1n) is 9.87. The molecule has 1 atom stereocenters. The van der Waals surface area contributed by atoms with Gasteiger partial charge in [-0.1, -0.05) is 42.1 Å². The molecule has 3 aromatic rings. The fourth-order valence-electron chi connectivity index (χ4n) is 3.59. The maximum absolute atomic E-state index is 12.7. The second-order valence-corrected chi connectivity index (χ2v) is 9.92. The van der Waals surface area contributed by atoms with Gasteiger partial charge in [-0.15, -0.1) is 0 Å². The predicted molar refractivity (Wildman–Crippen MR) is 118 cm³/mol. The van der Waals surface area contributed by atoms with Gasteiger partial charge in [-0.25, -0.2) is 18.5 Å². The van der Waals surface area contributed by atoms with Crippen molar-refractivity contribution in [3.8, 4) is 0 Å². The molecule has 30 heavy (non-hydrogen) atoms. The highest BCUT2D eigenvalue weighted by Crippen LogP contribution is 2.41. The minimum Gasteiger partial charge on any atom is -0.348 e. The van der Waals surface area contributed by atoms with Gasteiger partial charge < -0.3 is 9.88 Å². The van der Waals surface area contributed by atoms with E-state index in [-0.39, 0.29) is 22.6 Å². The number of hydrogen-bond donors (Lipinski definition) is 2. The minimum atomic E-state index is -3.79. The highest BCUT2D eigenvalue weighted by Gasteiger charge is 2.33. The number of nitrogens with zero attached hydrogens (tertiary/aromatic N) is 2. The monoisotopic (exact) mass is 444 g/mol. The first-order valence-corrected chi connectivity index (χ1v) is 12.4. The number of imidazole rings is 1. The molecule has 0 radical (unpaired) electrons. The van der Waals surface area contributed by atoms with Crippen LogP contribution in [0.3, 0.4) is 0 Å². The number of rotatable bonds is 8. The van der Waals surface area contributed by atoms with E-state index in [0.29, 0.717) is 23.1 Å². The summed E-state index contributed by atoms with van der Waals surface area (Å²) < 4.78 is 25.2. The standard InChI is InChI=1S/C21H24N4O3S2/c1-2-25-18-11-10-16(30(22,27)28)12-17(18)23-21(25)29-13-19(26)24-20(15-8-9-15)14-6-4-3-5-7-14/h3-7,10-12,15,20H,2,8-9,13H2,1H3,(H,24,26)(H2,22,27,28). The number of primary sulfonamides is 1. The van der Waals surface area contributed by atoms with E-state index in [4.69, 9.17) is 5.14 Å². The summed E-state index contributed by atoms with van der Waals surface area (Å²) in [6, 6.07) is 14.8. The molecule has 158 valence electrons. The molecule has 1 aliphatic rings. The Balaban J connectivity index is 1.49. The van der Waals surface area contributed by atoms with Gasteiger partial charge in [0.25, 0.3) is 0 Å². The van der Waals surface area contributed by atoms with Crippen molar-refractivity contribution in [2.24, 2.45) is 11.1 Å². The van der Waals surface area contributed by atoms with Gasteiger partial charge in [-0.3, -0.25) is 4.79 Å². The number of aryl methyl sites for hydroxylation is 1. The smallest absolute Gasteiger partial charge is 0.238 e. The Morgan fingerprint density at radius 1 is 1.27 bits per heavy atom. The van der Waals surface area contributed by atoms with Crippen LogP contribution in [0.15, 0.2) is 58.6 Å². The van der Waals surface area contributed by atoms with Gasteiger partial charge in [-0.05, 0) is 49.4 Å². The number of aromatic nitrogens is 2. The van der Waals surface area contributed by atoms with E-state index in [9.17, 15) is 13.2 Å². The summed E-state index contributed by atoms with van der Waals surface area (Å²) in [7, 11) is -3.79. The molecule has 7 nitrogen and oxygen atoms in total. The first kappa shape index (κ1) is 20.9. The molecule has 1 fully saturated rings. The molecule has 2 aromatic carbocycles. The van der Waals surface area contributed by atoms with Crippen LogP contribution < -0.4 is 10.5 Å². The quantitative estimate of drug-likeness (QED) is 0.519. The number of nitrogens with one attached hydrogen (secondary N) is 1. The number of nitrogens with two attached hydrogens (primary N) is 1. The topological polar surface area (TPSA) is 107 Å². The first-order chi connectivity index (χ1) is 14.4. The van der Waals surface area contributed by atoms with E-state index in [1.165, 1.54) is 23.9 Å². The lowest BCUT2D eigenvalue weighted by molar-refractivity contribution is -0.119. The molecule has 1 aromatic heterocycles. The highest BCUT2D eigenvalue weighted by atomic mass is 32.2. The van der Waals surface area contributed by atoms with E-state index in [1.807, 2.05) is 29.7 Å². The van der Waals surface area contributed by atoms with Gasteiger partial charge in [0.2, 0.25) is 15.9 Å². The molecule has 1 amide bonds. The molecule has 4 rings (SSSR count). The van der Waals surface area contributed by atoms with Crippen molar-refractivity contribution in [2.75, 3.05) is 5.75 Å². The van der Waals surface area contributed by atoms with Crippen LogP contribution in [0.4, 0.5) is 0 Å². The van der Waals surface area contributed by atoms with Crippen LogP contribution >= 0.6 is 11.8 Å². The molecule has 0 spiro atoms. The molecule has 1 unspecified atom stereocenters. The van der Waals surface area contributed by atoms with Crippen LogP contribution in [0.1, 0.15) is 31.4 Å². The summed E-state index contributed by atoms with van der Waals surface area (Å²) in [5, 5.41) is 9.08. The van der Waals surface area contributed by atoms with Gasteiger partial charge in [0.1, 0.15) is 0 Å². The molecule has 0 aliphatic heterocycles. The zero-order valence-electron chi connectivity index (χ0n) is 16.6. The summed E-state index contributed by atoms with van der Waals surface area (Å²) in [6.07, 6.45) is 2.26. The molecule has 3 N–H and O–H groups in total. The largest absolute Gasteiger partial charge is 0.348 e. The second-order valence-electron chi connectivity index (χ2n) is 7.42. The van der Waals surface area contributed by atoms with Gasteiger partial charge in [0, 0.05) is 6.54 Å². The third-order valence-electron chi connectivity index (χ3n) is 5.23. The van der Waals surface area contributed by atoms with Crippen LogP contribution in [0, 0.1) is 5.92 Å². The molecule has 0 bridgehead atoms. The normalized spacial score (nSPS) is 15.3. The summed E-state index contributed by atoms with van der Waals surface area (Å²) in [4.78, 5) is 17.2. The second kappa shape index (κ2) is 8.41. The van der Waals surface area contributed by atoms with Crippen LogP contribution in [-0.2, 0) is 21.4 Å². The maximum Gasteiger partial charge on any atom is 0.238 e. The van der Waals surface area contributed by atoms with Crippen molar-refractivity contribution in [3.63, 3.8) is 0 Å². The Kier molecular flexibility index (Phi) is 5.86. The van der Waals surface area contributed by atoms with Crippen LogP contribution in [0.25, 0.3) is 11.0 Å². The highest BCUT2D eigenvalue weighted by molar-refractivity contribution is 7.99. The average Bonchev–Trinajstić information content (AvgIpc) is 3.50. The SMILES string of the molecule is CCn1c(SCC(=O)NC(c2ccccc2)C2CC2)nc2cc(S(N)(=O)=O)ccc21. The lowest BCUT2D eigenvalue weighted by Crippen LogP contribution is -2.31. The summed E-state index contributed by atoms with van der Waals surface area (Å²) in [5.41, 5.74) is 2.49. The number of carbonyl (C=O) groups is 1. The van der Waals surface area contributed by atoms with E-state index in [0.717, 1.165) is 23.9 Å². The molecule has 1 heterocycles. The zero-order chi connectivity index (χ0) is 21.3. The maximum atomic E-state index is 12.7. The Morgan fingerprint density at radius 3 is 2.63 bits per heavy atom. The Hall–Kier alpha value is -2.36. The number of carbonyl (C=O) groups excluding carboxylic acids is 1. The predicted octanol–water partition coefficient (Wildman–Crippen LogP) is 3.06. The minimum absolute atomic E-state index is 0.0279. The number of sulfonamides is 1. The molecule has 1 saturated carbocycles. The third-order valence-corrected chi connectivity index (χ3v) is 7.12. The molecule has 9 heteroatoms. The van der Waals surface area contributed by atoms with Crippen molar-refractivity contribution in [1.82, 2.24) is 14.9 Å². The van der Waals surface area contributed by atoms with Crippen molar-refractivity contribution < 1.29 is 13.2 Å². The van der Waals surface area contributed by atoms with Crippen molar-refractivity contribution in [2.45, 2.75) is 42.4 Å². The number of amides is 1. The Morgan fingerprint density at radius 2 is 2.00 bits per heavy atom. The van der Waals surface area contributed by atoms with Crippen LogP contribution in [-0.4, -0.2) is 29.6 Å². The van der Waals surface area contributed by atoms with E-state index in [1.54, 1.807) is 6.07 Å². The molecule has 1 aliphatic carbocycles. The number of fused-ring (bicyclic) bond motifs is 1. The number of thioether (sulfide) groups is 1. The van der Waals surface area contributed by atoms with Crippen LogP contribution in [0.2, 0.25) is 0 Å². The average molecular weight is 445 g/mol. The summed E-state index contributed by atoms with van der Waals surface area (Å²) in [6.45, 7) is 2.64. The molecular weight excluding hydrogens is 420 g/mol. The summed E-state index contributed by atoms with van der Waals surface area (Å²) >= 11 is 1.35. The number of benzene rings is 2. The third kappa shape index (κ3) is 4.53. The van der Waals surface area contributed by atoms with E-state index in [2.05, 4.69) is 22.4 Å². The summed E-state index contributed by atoms with van der Waals surface area (Å²) in [5.74, 6) is 0.695. The van der Waals surface area contributed by atoms with Gasteiger partial charge in [0.05, 0.1) is 27.7 Å². The zero-order valence-corrected chi connectivity index (χ0v) is 18.2. The van der Waals surface area contributed by atoms with Gasteiger partial charge in [0.15, 0.2) is 5.16 Å². The van der Waals surface area contributed by atoms with E-state index >= 15 is 0 Å². The van der Waals surface area contributed by atoms with Crippen molar-refractivity contribution in [1.29, 1.82) is 0 Å². The van der Waals surface area contributed by atoms with Gasteiger partial charge >= 0.3 is 0 Å². The van der Waals surface area contributed by atoms with Crippen molar-refractivity contribution in [3.05, 3.63) is 54.1 Å². The fraction of sp³-hybridized carbons (Fsp3) is 0.333. The number of hydrogen-bond acceptors (Lipinski definition) is 5. The van der Waals surface area contributed by atoms with E-state index < -0.39 is 10.0 Å². The molecular formula is C21H24N4O3S2.